The Morgan fingerprint density at radius 1 is 1.25 bits per heavy atom. The van der Waals surface area contributed by atoms with Crippen LogP contribution in [0.3, 0.4) is 0 Å². The summed E-state index contributed by atoms with van der Waals surface area (Å²) in [4.78, 5) is 11.8. The average molecular weight is 277 g/mol. The van der Waals surface area contributed by atoms with Crippen molar-refractivity contribution in [3.63, 3.8) is 0 Å². The molecule has 1 aromatic carbocycles. The number of esters is 1. The van der Waals surface area contributed by atoms with E-state index in [4.69, 9.17) is 19.6 Å². The van der Waals surface area contributed by atoms with E-state index in [1.807, 2.05) is 20.8 Å². The molecular formula is C15H19NO4. The molecule has 0 radical (unpaired) electrons. The van der Waals surface area contributed by atoms with Gasteiger partial charge in [-0.15, -0.1) is 0 Å². The third-order valence-corrected chi connectivity index (χ3v) is 2.59. The van der Waals surface area contributed by atoms with Gasteiger partial charge in [-0.05, 0) is 45.0 Å². The lowest BCUT2D eigenvalue weighted by Crippen LogP contribution is -2.22. The Balaban J connectivity index is 1.94. The third kappa shape index (κ3) is 3.74. The van der Waals surface area contributed by atoms with Gasteiger partial charge in [-0.1, -0.05) is 0 Å². The van der Waals surface area contributed by atoms with Crippen molar-refractivity contribution in [1.82, 2.24) is 0 Å². The summed E-state index contributed by atoms with van der Waals surface area (Å²) in [5.41, 5.74) is 6.66. The fraction of sp³-hybridized carbons (Fsp3) is 0.400. The molecule has 2 aromatic rings. The molecule has 0 fully saturated rings. The standard InChI is InChI=1S/C15H19NO4/c1-15(2,3)19-7-6-18-14(17)13-9-10-8-11(16)4-5-12(10)20-13/h4-5,8-9H,6-7,16H2,1-3H3. The summed E-state index contributed by atoms with van der Waals surface area (Å²) < 4.78 is 16.0. The first-order valence-corrected chi connectivity index (χ1v) is 6.45. The SMILES string of the molecule is CC(C)(C)OCCOC(=O)c1cc2cc(N)ccc2o1. The minimum atomic E-state index is -0.503. The van der Waals surface area contributed by atoms with E-state index >= 15 is 0 Å². The molecule has 5 heteroatoms. The average Bonchev–Trinajstić information content (AvgIpc) is 2.76. The predicted molar refractivity (Wildman–Crippen MR) is 76.6 cm³/mol. The summed E-state index contributed by atoms with van der Waals surface area (Å²) in [5.74, 6) is -0.335. The zero-order chi connectivity index (χ0) is 14.8. The summed E-state index contributed by atoms with van der Waals surface area (Å²) in [6.07, 6.45) is 0. The molecule has 2 N–H and O–H groups in total. The molecule has 1 heterocycles. The first kappa shape index (κ1) is 14.4. The van der Waals surface area contributed by atoms with Gasteiger partial charge in [0, 0.05) is 11.1 Å². The number of nitrogens with two attached hydrogens (primary N) is 1. The van der Waals surface area contributed by atoms with Crippen LogP contribution in [0, 0.1) is 0 Å². The summed E-state index contributed by atoms with van der Waals surface area (Å²) in [5, 5.41) is 0.780. The van der Waals surface area contributed by atoms with Crippen LogP contribution in [0.4, 0.5) is 5.69 Å². The van der Waals surface area contributed by atoms with Gasteiger partial charge >= 0.3 is 5.97 Å². The number of ether oxygens (including phenoxy) is 2. The smallest absolute Gasteiger partial charge is 0.374 e. The van der Waals surface area contributed by atoms with Gasteiger partial charge in [0.2, 0.25) is 5.76 Å². The second-order valence-corrected chi connectivity index (χ2v) is 5.50. The summed E-state index contributed by atoms with van der Waals surface area (Å²) >= 11 is 0. The molecule has 0 amide bonds. The number of carbonyl (C=O) groups excluding carboxylic acids is 1. The number of furan rings is 1. The molecule has 0 unspecified atom stereocenters. The lowest BCUT2D eigenvalue weighted by atomic mass is 10.2. The highest BCUT2D eigenvalue weighted by Gasteiger charge is 2.15. The van der Waals surface area contributed by atoms with Crippen LogP contribution in [0.15, 0.2) is 28.7 Å². The van der Waals surface area contributed by atoms with Gasteiger partial charge in [-0.25, -0.2) is 4.79 Å². The molecule has 0 aliphatic carbocycles. The van der Waals surface area contributed by atoms with Crippen molar-refractivity contribution in [3.05, 3.63) is 30.0 Å². The number of benzene rings is 1. The molecule has 0 atom stereocenters. The highest BCUT2D eigenvalue weighted by Crippen LogP contribution is 2.22. The van der Waals surface area contributed by atoms with Gasteiger partial charge in [0.15, 0.2) is 0 Å². The largest absolute Gasteiger partial charge is 0.457 e. The van der Waals surface area contributed by atoms with Crippen molar-refractivity contribution < 1.29 is 18.7 Å². The molecule has 5 nitrogen and oxygen atoms in total. The van der Waals surface area contributed by atoms with E-state index in [2.05, 4.69) is 0 Å². The van der Waals surface area contributed by atoms with Crippen molar-refractivity contribution >= 4 is 22.6 Å². The van der Waals surface area contributed by atoms with Crippen molar-refractivity contribution in [2.24, 2.45) is 0 Å². The fourth-order valence-corrected chi connectivity index (χ4v) is 1.72. The number of hydrogen-bond acceptors (Lipinski definition) is 5. The summed E-state index contributed by atoms with van der Waals surface area (Å²) in [7, 11) is 0. The molecule has 0 saturated heterocycles. The van der Waals surface area contributed by atoms with E-state index in [9.17, 15) is 4.79 Å². The van der Waals surface area contributed by atoms with E-state index in [-0.39, 0.29) is 18.0 Å². The zero-order valence-electron chi connectivity index (χ0n) is 11.9. The van der Waals surface area contributed by atoms with E-state index in [1.165, 1.54) is 0 Å². The topological polar surface area (TPSA) is 74.7 Å². The molecule has 0 saturated carbocycles. The van der Waals surface area contributed by atoms with Crippen LogP contribution in [0.2, 0.25) is 0 Å². The summed E-state index contributed by atoms with van der Waals surface area (Å²) in [6, 6.07) is 6.82. The summed E-state index contributed by atoms with van der Waals surface area (Å²) in [6.45, 7) is 6.37. The number of rotatable bonds is 4. The van der Waals surface area contributed by atoms with Crippen molar-refractivity contribution in [2.45, 2.75) is 26.4 Å². The minimum absolute atomic E-state index is 0.168. The number of carbonyl (C=O) groups is 1. The Kier molecular flexibility index (Phi) is 3.99. The van der Waals surface area contributed by atoms with Crippen LogP contribution in [-0.4, -0.2) is 24.8 Å². The first-order valence-electron chi connectivity index (χ1n) is 6.45. The van der Waals surface area contributed by atoms with Crippen LogP contribution in [0.5, 0.6) is 0 Å². The molecular weight excluding hydrogens is 258 g/mol. The molecule has 20 heavy (non-hydrogen) atoms. The van der Waals surface area contributed by atoms with Crippen LogP contribution >= 0.6 is 0 Å². The van der Waals surface area contributed by atoms with Gasteiger partial charge in [-0.2, -0.15) is 0 Å². The van der Waals surface area contributed by atoms with E-state index in [1.54, 1.807) is 24.3 Å². The van der Waals surface area contributed by atoms with Crippen molar-refractivity contribution in [1.29, 1.82) is 0 Å². The molecule has 0 bridgehead atoms. The molecule has 0 spiro atoms. The van der Waals surface area contributed by atoms with Gasteiger partial charge in [-0.3, -0.25) is 0 Å². The maximum Gasteiger partial charge on any atom is 0.374 e. The number of hydrogen-bond donors (Lipinski definition) is 1. The monoisotopic (exact) mass is 277 g/mol. The second kappa shape index (κ2) is 5.54. The van der Waals surface area contributed by atoms with Crippen LogP contribution < -0.4 is 5.73 Å². The fourth-order valence-electron chi connectivity index (χ4n) is 1.72. The maximum atomic E-state index is 11.8. The highest BCUT2D eigenvalue weighted by molar-refractivity contribution is 5.93. The predicted octanol–water partition coefficient (Wildman–Crippen LogP) is 2.99. The van der Waals surface area contributed by atoms with Crippen LogP contribution in [0.1, 0.15) is 31.3 Å². The number of fused-ring (bicyclic) bond motifs is 1. The molecule has 108 valence electrons. The lowest BCUT2D eigenvalue weighted by Gasteiger charge is -2.19. The number of anilines is 1. The van der Waals surface area contributed by atoms with Gasteiger partial charge in [0.1, 0.15) is 12.2 Å². The Morgan fingerprint density at radius 2 is 2.00 bits per heavy atom. The van der Waals surface area contributed by atoms with Gasteiger partial charge in [0.25, 0.3) is 0 Å². The lowest BCUT2D eigenvalue weighted by molar-refractivity contribution is -0.0288. The normalized spacial score (nSPS) is 11.8. The van der Waals surface area contributed by atoms with E-state index in [0.29, 0.717) is 17.9 Å². The van der Waals surface area contributed by atoms with E-state index < -0.39 is 5.97 Å². The number of nitrogen functional groups attached to an aromatic ring is 1. The van der Waals surface area contributed by atoms with Crippen molar-refractivity contribution in [2.75, 3.05) is 18.9 Å². The quantitative estimate of drug-likeness (QED) is 0.528. The maximum absolute atomic E-state index is 11.8. The Labute approximate surface area is 117 Å². The van der Waals surface area contributed by atoms with Crippen molar-refractivity contribution in [3.8, 4) is 0 Å². The second-order valence-electron chi connectivity index (χ2n) is 5.50. The molecule has 0 aliphatic heterocycles. The zero-order valence-corrected chi connectivity index (χ0v) is 11.9. The first-order chi connectivity index (χ1) is 9.35. The Bertz CT molecular complexity index is 610. The Morgan fingerprint density at radius 3 is 2.70 bits per heavy atom. The molecule has 2 rings (SSSR count). The molecule has 1 aromatic heterocycles. The highest BCUT2D eigenvalue weighted by atomic mass is 16.6. The molecule has 0 aliphatic rings. The minimum Gasteiger partial charge on any atom is -0.457 e. The van der Waals surface area contributed by atoms with Crippen LogP contribution in [0.25, 0.3) is 11.0 Å². The van der Waals surface area contributed by atoms with Crippen LogP contribution in [-0.2, 0) is 9.47 Å². The third-order valence-electron chi connectivity index (χ3n) is 2.59. The Hall–Kier alpha value is -2.01. The van der Waals surface area contributed by atoms with Gasteiger partial charge < -0.3 is 19.6 Å². The van der Waals surface area contributed by atoms with E-state index in [0.717, 1.165) is 5.39 Å². The van der Waals surface area contributed by atoms with Gasteiger partial charge in [0.05, 0.1) is 12.2 Å².